The number of ether oxygens (including phenoxy) is 1. The molecule has 0 amide bonds. The van der Waals surface area contributed by atoms with Crippen LogP contribution in [0.4, 0.5) is 0 Å². The summed E-state index contributed by atoms with van der Waals surface area (Å²) in [7, 11) is 0. The fourth-order valence-electron chi connectivity index (χ4n) is 3.46. The minimum absolute atomic E-state index is 0.180. The molecule has 0 atom stereocenters. The van der Waals surface area contributed by atoms with E-state index in [0.29, 0.717) is 0 Å². The summed E-state index contributed by atoms with van der Waals surface area (Å²) in [6, 6.07) is 0. The highest BCUT2D eigenvalue weighted by Crippen LogP contribution is 2.30. The second-order valence-corrected chi connectivity index (χ2v) is 6.86. The van der Waals surface area contributed by atoms with Crippen molar-refractivity contribution in [1.82, 2.24) is 9.80 Å². The first-order chi connectivity index (χ1) is 10.1. The molecule has 2 saturated heterocycles. The predicted molar refractivity (Wildman–Crippen MR) is 91.9 cm³/mol. The zero-order valence-corrected chi connectivity index (χ0v) is 15.2. The van der Waals surface area contributed by atoms with E-state index in [9.17, 15) is 0 Å². The molecule has 21 heavy (non-hydrogen) atoms. The highest BCUT2D eigenvalue weighted by molar-refractivity contribution is 4.92. The average Bonchev–Trinajstić information content (AvgIpc) is 2.50. The monoisotopic (exact) mass is 298 g/mol. The third-order valence-corrected chi connectivity index (χ3v) is 4.55. The topological polar surface area (TPSA) is 15.7 Å². The summed E-state index contributed by atoms with van der Waals surface area (Å²) in [5.74, 6) is 0.780. The first-order valence-corrected chi connectivity index (χ1v) is 9.22. The van der Waals surface area contributed by atoms with Crippen LogP contribution in [0.3, 0.4) is 0 Å². The fourth-order valence-corrected chi connectivity index (χ4v) is 3.46. The van der Waals surface area contributed by atoms with Crippen LogP contribution in [-0.2, 0) is 4.74 Å². The van der Waals surface area contributed by atoms with Crippen LogP contribution < -0.4 is 0 Å². The Balaban J connectivity index is 0.00000106. The van der Waals surface area contributed by atoms with Gasteiger partial charge in [0.15, 0.2) is 0 Å². The van der Waals surface area contributed by atoms with Crippen LogP contribution in [0.1, 0.15) is 60.3 Å². The molecule has 0 saturated carbocycles. The van der Waals surface area contributed by atoms with Crippen LogP contribution >= 0.6 is 0 Å². The summed E-state index contributed by atoms with van der Waals surface area (Å²) in [5, 5.41) is 0. The molecule has 0 aromatic heterocycles. The molecular weight excluding hydrogens is 260 g/mol. The van der Waals surface area contributed by atoms with E-state index in [2.05, 4.69) is 30.6 Å². The largest absolute Gasteiger partial charge is 0.372 e. The summed E-state index contributed by atoms with van der Waals surface area (Å²) in [5.41, 5.74) is 0.180. The molecule has 0 bridgehead atoms. The van der Waals surface area contributed by atoms with Gasteiger partial charge in [-0.1, -0.05) is 41.0 Å². The van der Waals surface area contributed by atoms with E-state index in [1.165, 1.54) is 58.4 Å². The molecule has 0 unspecified atom stereocenters. The minimum atomic E-state index is 0.180. The SMILES string of the molecule is CC.CCCCN1CCOC2(CCN(CC(C)C)CC2)C1. The van der Waals surface area contributed by atoms with Gasteiger partial charge in [0.25, 0.3) is 0 Å². The van der Waals surface area contributed by atoms with Gasteiger partial charge in [-0.25, -0.2) is 0 Å². The molecular formula is C18H38N2O. The van der Waals surface area contributed by atoms with Crippen LogP contribution in [-0.4, -0.2) is 61.3 Å². The van der Waals surface area contributed by atoms with Crippen molar-refractivity contribution in [1.29, 1.82) is 0 Å². The quantitative estimate of drug-likeness (QED) is 0.771. The Morgan fingerprint density at radius 2 is 1.71 bits per heavy atom. The zero-order chi connectivity index (χ0) is 15.7. The molecule has 2 fully saturated rings. The normalized spacial score (nSPS) is 23.1. The number of nitrogens with zero attached hydrogens (tertiary/aromatic N) is 2. The van der Waals surface area contributed by atoms with Gasteiger partial charge in [-0.15, -0.1) is 0 Å². The van der Waals surface area contributed by atoms with Crippen LogP contribution in [0.15, 0.2) is 0 Å². The molecule has 3 nitrogen and oxygen atoms in total. The number of likely N-dealkylation sites (tertiary alicyclic amines) is 1. The first kappa shape index (κ1) is 18.9. The Hall–Kier alpha value is -0.120. The number of piperidine rings is 1. The van der Waals surface area contributed by atoms with Crippen molar-refractivity contribution < 1.29 is 4.74 Å². The second-order valence-electron chi connectivity index (χ2n) is 6.86. The Labute approximate surface area is 133 Å². The number of hydrogen-bond donors (Lipinski definition) is 0. The van der Waals surface area contributed by atoms with Crippen molar-refractivity contribution in [3.05, 3.63) is 0 Å². The molecule has 2 rings (SSSR count). The molecule has 126 valence electrons. The van der Waals surface area contributed by atoms with Crippen LogP contribution in [0.2, 0.25) is 0 Å². The van der Waals surface area contributed by atoms with Crippen LogP contribution in [0.5, 0.6) is 0 Å². The van der Waals surface area contributed by atoms with Gasteiger partial charge < -0.3 is 9.64 Å². The highest BCUT2D eigenvalue weighted by atomic mass is 16.5. The lowest BCUT2D eigenvalue weighted by molar-refractivity contribution is -0.136. The summed E-state index contributed by atoms with van der Waals surface area (Å²) in [6.45, 7) is 19.1. The molecule has 0 N–H and O–H groups in total. The van der Waals surface area contributed by atoms with E-state index in [0.717, 1.165) is 19.1 Å². The van der Waals surface area contributed by atoms with E-state index in [1.807, 2.05) is 13.8 Å². The van der Waals surface area contributed by atoms with Gasteiger partial charge in [0, 0.05) is 32.7 Å². The molecule has 2 heterocycles. The van der Waals surface area contributed by atoms with Gasteiger partial charge in [-0.3, -0.25) is 4.90 Å². The molecule has 1 spiro atoms. The van der Waals surface area contributed by atoms with E-state index in [4.69, 9.17) is 4.74 Å². The maximum absolute atomic E-state index is 6.20. The number of hydrogen-bond acceptors (Lipinski definition) is 3. The summed E-state index contributed by atoms with van der Waals surface area (Å²) >= 11 is 0. The van der Waals surface area contributed by atoms with Crippen molar-refractivity contribution in [2.45, 2.75) is 65.9 Å². The smallest absolute Gasteiger partial charge is 0.0833 e. The Morgan fingerprint density at radius 3 is 2.29 bits per heavy atom. The molecule has 2 aliphatic rings. The summed E-state index contributed by atoms with van der Waals surface area (Å²) in [4.78, 5) is 5.25. The second kappa shape index (κ2) is 9.81. The van der Waals surface area contributed by atoms with Crippen LogP contribution in [0, 0.1) is 5.92 Å². The zero-order valence-electron chi connectivity index (χ0n) is 15.2. The van der Waals surface area contributed by atoms with Gasteiger partial charge in [0.1, 0.15) is 0 Å². The Bertz CT molecular complexity index is 260. The number of rotatable bonds is 5. The Kier molecular flexibility index (Phi) is 8.84. The lowest BCUT2D eigenvalue weighted by atomic mass is 9.89. The predicted octanol–water partition coefficient (Wildman–Crippen LogP) is 3.64. The average molecular weight is 299 g/mol. The van der Waals surface area contributed by atoms with E-state index in [-0.39, 0.29) is 5.60 Å². The van der Waals surface area contributed by atoms with Gasteiger partial charge in [-0.2, -0.15) is 0 Å². The summed E-state index contributed by atoms with van der Waals surface area (Å²) in [6.07, 6.45) is 5.08. The minimum Gasteiger partial charge on any atom is -0.372 e. The molecule has 3 heteroatoms. The van der Waals surface area contributed by atoms with Gasteiger partial charge in [-0.05, 0) is 31.7 Å². The highest BCUT2D eigenvalue weighted by Gasteiger charge is 2.39. The van der Waals surface area contributed by atoms with E-state index < -0.39 is 0 Å². The van der Waals surface area contributed by atoms with Crippen molar-refractivity contribution in [3.8, 4) is 0 Å². The van der Waals surface area contributed by atoms with Gasteiger partial charge >= 0.3 is 0 Å². The van der Waals surface area contributed by atoms with Gasteiger partial charge in [0.2, 0.25) is 0 Å². The fraction of sp³-hybridized carbons (Fsp3) is 1.00. The lowest BCUT2D eigenvalue weighted by Gasteiger charge is -2.47. The van der Waals surface area contributed by atoms with Crippen molar-refractivity contribution >= 4 is 0 Å². The van der Waals surface area contributed by atoms with Gasteiger partial charge in [0.05, 0.1) is 12.2 Å². The number of morpholine rings is 1. The Morgan fingerprint density at radius 1 is 1.05 bits per heavy atom. The molecule has 0 aliphatic carbocycles. The molecule has 0 aromatic rings. The summed E-state index contributed by atoms with van der Waals surface area (Å²) < 4.78 is 6.20. The number of unbranched alkanes of at least 4 members (excludes halogenated alkanes) is 1. The lowest BCUT2D eigenvalue weighted by Crippen LogP contribution is -2.57. The molecule has 0 radical (unpaired) electrons. The molecule has 0 aromatic carbocycles. The van der Waals surface area contributed by atoms with Crippen molar-refractivity contribution in [3.63, 3.8) is 0 Å². The molecule has 2 aliphatic heterocycles. The maximum atomic E-state index is 6.20. The van der Waals surface area contributed by atoms with Crippen molar-refractivity contribution in [2.75, 3.05) is 45.9 Å². The van der Waals surface area contributed by atoms with E-state index in [1.54, 1.807) is 0 Å². The van der Waals surface area contributed by atoms with Crippen molar-refractivity contribution in [2.24, 2.45) is 5.92 Å². The maximum Gasteiger partial charge on any atom is 0.0833 e. The standard InChI is InChI=1S/C16H32N2O.C2H6/c1-4-5-8-18-11-12-19-16(14-18)6-9-17(10-7-16)13-15(2)3;1-2/h15H,4-14H2,1-3H3;1-2H3. The van der Waals surface area contributed by atoms with E-state index >= 15 is 0 Å². The first-order valence-electron chi connectivity index (χ1n) is 9.22. The third-order valence-electron chi connectivity index (χ3n) is 4.55. The van der Waals surface area contributed by atoms with Crippen LogP contribution in [0.25, 0.3) is 0 Å². The third kappa shape index (κ3) is 6.25.